The van der Waals surface area contributed by atoms with E-state index in [1.165, 1.54) is 19.3 Å². The van der Waals surface area contributed by atoms with Crippen LogP contribution in [0.1, 0.15) is 36.0 Å². The number of nitrogen functional groups attached to an aromatic ring is 1. The summed E-state index contributed by atoms with van der Waals surface area (Å²) in [7, 11) is 0. The fourth-order valence-corrected chi connectivity index (χ4v) is 3.64. The Kier molecular flexibility index (Phi) is 2.62. The zero-order chi connectivity index (χ0) is 12.0. The molecule has 0 aromatic heterocycles. The van der Waals surface area contributed by atoms with E-state index in [1.54, 1.807) is 18.2 Å². The van der Waals surface area contributed by atoms with Gasteiger partial charge in [0.1, 0.15) is 0 Å². The maximum Gasteiger partial charge on any atom is 0.166 e. The fourth-order valence-electron chi connectivity index (χ4n) is 3.46. The zero-order valence-electron chi connectivity index (χ0n) is 9.66. The van der Waals surface area contributed by atoms with Gasteiger partial charge in [-0.3, -0.25) is 4.79 Å². The summed E-state index contributed by atoms with van der Waals surface area (Å²) >= 11 is 5.97. The molecule has 0 aliphatic heterocycles. The van der Waals surface area contributed by atoms with Crippen LogP contribution < -0.4 is 5.73 Å². The summed E-state index contributed by atoms with van der Waals surface area (Å²) in [5, 5.41) is 0.485. The number of nitrogens with two attached hydrogens (primary N) is 1. The minimum absolute atomic E-state index is 0.230. The second kappa shape index (κ2) is 4.02. The van der Waals surface area contributed by atoms with Crippen LogP contribution in [0.3, 0.4) is 0 Å². The van der Waals surface area contributed by atoms with Crippen LogP contribution in [0.5, 0.6) is 0 Å². The van der Waals surface area contributed by atoms with E-state index in [0.717, 1.165) is 17.9 Å². The Hall–Kier alpha value is -1.02. The lowest BCUT2D eigenvalue weighted by Gasteiger charge is -2.20. The van der Waals surface area contributed by atoms with Gasteiger partial charge in [-0.25, -0.2) is 0 Å². The normalized spacial score (nSPS) is 30.8. The molecule has 2 saturated carbocycles. The molecule has 3 atom stereocenters. The second-order valence-electron chi connectivity index (χ2n) is 5.38. The van der Waals surface area contributed by atoms with Crippen LogP contribution in [0.4, 0.5) is 5.69 Å². The first-order valence-electron chi connectivity index (χ1n) is 6.24. The SMILES string of the molecule is Nc1ccc(C(=O)C2CC3CCC2C3)cc1Cl. The highest BCUT2D eigenvalue weighted by atomic mass is 35.5. The highest BCUT2D eigenvalue weighted by Crippen LogP contribution is 2.49. The monoisotopic (exact) mass is 249 g/mol. The van der Waals surface area contributed by atoms with Crippen LogP contribution in [0.15, 0.2) is 18.2 Å². The van der Waals surface area contributed by atoms with Gasteiger partial charge in [0, 0.05) is 11.5 Å². The van der Waals surface area contributed by atoms with E-state index in [2.05, 4.69) is 0 Å². The number of benzene rings is 1. The van der Waals surface area contributed by atoms with Crippen molar-refractivity contribution in [1.82, 2.24) is 0 Å². The number of carbonyl (C=O) groups is 1. The number of Topliss-reactive ketones (excluding diaryl/α,β-unsaturated/α-hetero) is 1. The van der Waals surface area contributed by atoms with Gasteiger partial charge >= 0.3 is 0 Å². The second-order valence-corrected chi connectivity index (χ2v) is 5.79. The molecule has 0 saturated heterocycles. The first-order chi connectivity index (χ1) is 8.15. The molecule has 2 nitrogen and oxygen atoms in total. The van der Waals surface area contributed by atoms with Crippen LogP contribution in [-0.4, -0.2) is 5.78 Å². The molecule has 2 aliphatic rings. The summed E-state index contributed by atoms with van der Waals surface area (Å²) in [5.74, 6) is 1.90. The number of carbonyl (C=O) groups excluding carboxylic acids is 1. The minimum atomic E-state index is 0.230. The van der Waals surface area contributed by atoms with E-state index in [0.29, 0.717) is 16.6 Å². The molecule has 1 aromatic carbocycles. The van der Waals surface area contributed by atoms with E-state index in [-0.39, 0.29) is 11.7 Å². The Balaban J connectivity index is 1.84. The van der Waals surface area contributed by atoms with Crippen LogP contribution >= 0.6 is 11.6 Å². The van der Waals surface area contributed by atoms with Crippen molar-refractivity contribution >= 4 is 23.1 Å². The molecule has 3 unspecified atom stereocenters. The summed E-state index contributed by atoms with van der Waals surface area (Å²) < 4.78 is 0. The maximum absolute atomic E-state index is 12.4. The van der Waals surface area contributed by atoms with Crippen molar-refractivity contribution < 1.29 is 4.79 Å². The Morgan fingerprint density at radius 3 is 2.71 bits per heavy atom. The van der Waals surface area contributed by atoms with Crippen molar-refractivity contribution in [1.29, 1.82) is 0 Å². The third kappa shape index (κ3) is 1.85. The fraction of sp³-hybridized carbons (Fsp3) is 0.500. The number of rotatable bonds is 2. The molecule has 17 heavy (non-hydrogen) atoms. The van der Waals surface area contributed by atoms with Gasteiger partial charge in [0.2, 0.25) is 0 Å². The first-order valence-corrected chi connectivity index (χ1v) is 6.62. The number of anilines is 1. The molecule has 2 fully saturated rings. The summed E-state index contributed by atoms with van der Waals surface area (Å²) in [6.45, 7) is 0. The Morgan fingerprint density at radius 2 is 2.12 bits per heavy atom. The van der Waals surface area contributed by atoms with Gasteiger partial charge in [0.25, 0.3) is 0 Å². The molecule has 0 radical (unpaired) electrons. The lowest BCUT2D eigenvalue weighted by atomic mass is 9.83. The number of fused-ring (bicyclic) bond motifs is 2. The molecule has 0 heterocycles. The van der Waals surface area contributed by atoms with Gasteiger partial charge in [-0.15, -0.1) is 0 Å². The molecule has 1 aromatic rings. The van der Waals surface area contributed by atoms with Crippen molar-refractivity contribution in [2.24, 2.45) is 17.8 Å². The maximum atomic E-state index is 12.4. The molecule has 0 amide bonds. The quantitative estimate of drug-likeness (QED) is 0.644. The van der Waals surface area contributed by atoms with E-state index in [9.17, 15) is 4.79 Å². The van der Waals surface area contributed by atoms with E-state index in [1.807, 2.05) is 0 Å². The smallest absolute Gasteiger partial charge is 0.166 e. The van der Waals surface area contributed by atoms with E-state index in [4.69, 9.17) is 17.3 Å². The van der Waals surface area contributed by atoms with Gasteiger partial charge in [0.15, 0.2) is 5.78 Å². The van der Waals surface area contributed by atoms with E-state index < -0.39 is 0 Å². The van der Waals surface area contributed by atoms with Crippen LogP contribution in [0, 0.1) is 17.8 Å². The van der Waals surface area contributed by atoms with Crippen LogP contribution in [0.25, 0.3) is 0 Å². The van der Waals surface area contributed by atoms with Gasteiger partial charge in [0.05, 0.1) is 10.7 Å². The van der Waals surface area contributed by atoms with Gasteiger partial charge in [-0.1, -0.05) is 18.0 Å². The number of halogens is 1. The van der Waals surface area contributed by atoms with Crippen molar-refractivity contribution in [3.8, 4) is 0 Å². The third-order valence-corrected chi connectivity index (χ3v) is 4.69. The Labute approximate surface area is 106 Å². The third-order valence-electron chi connectivity index (χ3n) is 4.36. The number of ketones is 1. The average Bonchev–Trinajstić information content (AvgIpc) is 2.93. The predicted molar refractivity (Wildman–Crippen MR) is 69.1 cm³/mol. The van der Waals surface area contributed by atoms with Crippen LogP contribution in [-0.2, 0) is 0 Å². The predicted octanol–water partition coefficient (Wildman–Crippen LogP) is 3.54. The molecule has 2 aliphatic carbocycles. The molecular weight excluding hydrogens is 234 g/mol. The lowest BCUT2D eigenvalue weighted by molar-refractivity contribution is 0.0875. The summed E-state index contributed by atoms with van der Waals surface area (Å²) in [4.78, 5) is 12.4. The summed E-state index contributed by atoms with van der Waals surface area (Å²) in [5.41, 5.74) is 6.92. The standard InChI is InChI=1S/C14H16ClNO/c15-12-7-10(3-4-13(12)16)14(17)11-6-8-1-2-9(11)5-8/h3-4,7-9,11H,1-2,5-6,16H2. The van der Waals surface area contributed by atoms with Gasteiger partial charge in [-0.05, 0) is 49.3 Å². The number of hydrogen-bond donors (Lipinski definition) is 1. The van der Waals surface area contributed by atoms with Crippen molar-refractivity contribution in [2.75, 3.05) is 5.73 Å². The summed E-state index contributed by atoms with van der Waals surface area (Å²) in [6, 6.07) is 5.24. The highest BCUT2D eigenvalue weighted by Gasteiger charge is 2.43. The van der Waals surface area contributed by atoms with Crippen molar-refractivity contribution in [2.45, 2.75) is 25.7 Å². The Bertz CT molecular complexity index is 471. The molecule has 3 rings (SSSR count). The average molecular weight is 250 g/mol. The van der Waals surface area contributed by atoms with E-state index >= 15 is 0 Å². The zero-order valence-corrected chi connectivity index (χ0v) is 10.4. The van der Waals surface area contributed by atoms with Crippen LogP contribution in [0.2, 0.25) is 5.02 Å². The van der Waals surface area contributed by atoms with Crippen molar-refractivity contribution in [3.05, 3.63) is 28.8 Å². The molecule has 2 N–H and O–H groups in total. The first kappa shape index (κ1) is 11.1. The Morgan fingerprint density at radius 1 is 1.29 bits per heavy atom. The largest absolute Gasteiger partial charge is 0.398 e. The highest BCUT2D eigenvalue weighted by molar-refractivity contribution is 6.33. The molecule has 3 heteroatoms. The van der Waals surface area contributed by atoms with Gasteiger partial charge in [-0.2, -0.15) is 0 Å². The molecule has 2 bridgehead atoms. The van der Waals surface area contributed by atoms with Crippen molar-refractivity contribution in [3.63, 3.8) is 0 Å². The topological polar surface area (TPSA) is 43.1 Å². The minimum Gasteiger partial charge on any atom is -0.398 e. The lowest BCUT2D eigenvalue weighted by Crippen LogP contribution is -2.21. The molecule has 0 spiro atoms. The molecule has 90 valence electrons. The van der Waals surface area contributed by atoms with Gasteiger partial charge < -0.3 is 5.73 Å². The summed E-state index contributed by atoms with van der Waals surface area (Å²) in [6.07, 6.45) is 4.87. The number of hydrogen-bond acceptors (Lipinski definition) is 2. The molecular formula is C14H16ClNO.